The maximum absolute atomic E-state index is 12.3. The molecule has 0 spiro atoms. The molecule has 2 aromatic rings. The molecule has 4 N–H and O–H groups in total. The number of nitrogens with zero attached hydrogens (tertiary/aromatic N) is 5. The number of hydrogen-bond donors (Lipinski definition) is 4. The van der Waals surface area contributed by atoms with Gasteiger partial charge in [-0.1, -0.05) is 32.9 Å². The molecule has 1 heterocycles. The van der Waals surface area contributed by atoms with E-state index >= 15 is 0 Å². The van der Waals surface area contributed by atoms with Gasteiger partial charge in [0.05, 0.1) is 52.3 Å². The van der Waals surface area contributed by atoms with Crippen molar-refractivity contribution < 1.29 is 8.42 Å². The molecule has 12 heteroatoms. The summed E-state index contributed by atoms with van der Waals surface area (Å²) in [7, 11) is -1.96. The van der Waals surface area contributed by atoms with E-state index in [0.717, 1.165) is 30.4 Å². The topological polar surface area (TPSA) is 149 Å². The summed E-state index contributed by atoms with van der Waals surface area (Å²) in [4.78, 5) is 4.18. The van der Waals surface area contributed by atoms with Crippen LogP contribution in [0.15, 0.2) is 58.9 Å². The first-order chi connectivity index (χ1) is 20.2. The second-order valence-corrected chi connectivity index (χ2v) is 14.1. The molecule has 43 heavy (non-hydrogen) atoms. The molecule has 1 aliphatic heterocycles. The largest absolute Gasteiger partial charge is 0.383 e. The van der Waals surface area contributed by atoms with Gasteiger partial charge >= 0.3 is 0 Å². The zero-order valence-electron chi connectivity index (χ0n) is 25.5. The summed E-state index contributed by atoms with van der Waals surface area (Å²) in [6.45, 7) is 12.3. The van der Waals surface area contributed by atoms with Crippen LogP contribution in [0.5, 0.6) is 0 Å². The van der Waals surface area contributed by atoms with Crippen molar-refractivity contribution in [1.82, 2.24) is 21.3 Å². The average Bonchev–Trinajstić information content (AvgIpc) is 3.70. The molecule has 4 rings (SSSR count). The van der Waals surface area contributed by atoms with E-state index in [9.17, 15) is 18.9 Å². The van der Waals surface area contributed by atoms with E-state index in [1.54, 1.807) is 19.1 Å². The zero-order chi connectivity index (χ0) is 31.5. The highest BCUT2D eigenvalue weighted by molar-refractivity contribution is 7.92. The van der Waals surface area contributed by atoms with E-state index in [-0.39, 0.29) is 5.41 Å². The highest BCUT2D eigenvalue weighted by Crippen LogP contribution is 2.37. The van der Waals surface area contributed by atoms with Crippen LogP contribution in [0.25, 0.3) is 5.70 Å². The third-order valence-electron chi connectivity index (χ3n) is 7.23. The molecular weight excluding hydrogens is 562 g/mol. The number of benzene rings is 2. The van der Waals surface area contributed by atoms with Gasteiger partial charge in [-0.25, -0.2) is 8.42 Å². The van der Waals surface area contributed by atoms with Crippen LogP contribution in [0, 0.1) is 28.1 Å². The van der Waals surface area contributed by atoms with Crippen molar-refractivity contribution in [2.45, 2.75) is 52.6 Å². The SMILES string of the molecule is C=Nc1c(C#N)cc(N[C@H](C2=CN(C3CC3)NN2)c2cccc(N(C)S(C)(=O)=O)c2)cc1/C(NCC(C)(C)C)=C(\C)C#N. The molecule has 2 aliphatic rings. The fourth-order valence-electron chi connectivity index (χ4n) is 4.64. The second kappa shape index (κ2) is 12.4. The molecule has 11 nitrogen and oxygen atoms in total. The summed E-state index contributed by atoms with van der Waals surface area (Å²) in [6, 6.07) is 15.3. The zero-order valence-corrected chi connectivity index (χ0v) is 26.3. The molecule has 1 aliphatic carbocycles. The fourth-order valence-corrected chi connectivity index (χ4v) is 5.14. The van der Waals surface area contributed by atoms with Crippen LogP contribution in [0.1, 0.15) is 63.3 Å². The average molecular weight is 602 g/mol. The quantitative estimate of drug-likeness (QED) is 0.213. The second-order valence-electron chi connectivity index (χ2n) is 12.1. The minimum absolute atomic E-state index is 0.0764. The van der Waals surface area contributed by atoms with Gasteiger partial charge in [-0.2, -0.15) is 10.5 Å². The first-order valence-electron chi connectivity index (χ1n) is 14.0. The molecule has 1 fully saturated rings. The summed E-state index contributed by atoms with van der Waals surface area (Å²) in [5.74, 6) is 0. The van der Waals surface area contributed by atoms with E-state index in [4.69, 9.17) is 0 Å². The minimum Gasteiger partial charge on any atom is -0.383 e. The lowest BCUT2D eigenvalue weighted by molar-refractivity contribution is 0.260. The first-order valence-corrected chi connectivity index (χ1v) is 15.8. The number of nitriles is 2. The van der Waals surface area contributed by atoms with Crippen molar-refractivity contribution in [3.63, 3.8) is 0 Å². The first kappa shape index (κ1) is 31.4. The molecule has 1 saturated carbocycles. The van der Waals surface area contributed by atoms with Crippen LogP contribution in [-0.4, -0.2) is 46.0 Å². The van der Waals surface area contributed by atoms with Crippen molar-refractivity contribution in [1.29, 1.82) is 10.5 Å². The van der Waals surface area contributed by atoms with E-state index < -0.39 is 16.1 Å². The van der Waals surface area contributed by atoms with Crippen molar-refractivity contribution in [2.75, 3.05) is 29.5 Å². The summed E-state index contributed by atoms with van der Waals surface area (Å²) < 4.78 is 25.8. The van der Waals surface area contributed by atoms with Gasteiger partial charge < -0.3 is 16.1 Å². The van der Waals surface area contributed by atoms with Gasteiger partial charge in [0.1, 0.15) is 6.07 Å². The van der Waals surface area contributed by atoms with Crippen LogP contribution in [0.4, 0.5) is 17.1 Å². The van der Waals surface area contributed by atoms with Crippen molar-refractivity contribution in [3.8, 4) is 12.1 Å². The molecule has 0 saturated heterocycles. The van der Waals surface area contributed by atoms with Crippen molar-refractivity contribution in [3.05, 3.63) is 70.6 Å². The predicted molar refractivity (Wildman–Crippen MR) is 171 cm³/mol. The number of allylic oxidation sites excluding steroid dienone is 1. The number of nitrogens with one attached hydrogen (secondary N) is 4. The number of hydrazine groups is 2. The Labute approximate surface area is 254 Å². The van der Waals surface area contributed by atoms with E-state index in [0.29, 0.717) is 52.0 Å². The van der Waals surface area contributed by atoms with Crippen LogP contribution in [0.3, 0.4) is 0 Å². The Morgan fingerprint density at radius 2 is 1.98 bits per heavy atom. The monoisotopic (exact) mass is 601 g/mol. The molecule has 0 bridgehead atoms. The summed E-state index contributed by atoms with van der Waals surface area (Å²) in [5, 5.41) is 28.9. The molecule has 0 aromatic heterocycles. The van der Waals surface area contributed by atoms with Crippen LogP contribution in [-0.2, 0) is 10.0 Å². The van der Waals surface area contributed by atoms with Gasteiger partial charge in [-0.05, 0) is 61.7 Å². The van der Waals surface area contributed by atoms with E-state index in [1.165, 1.54) is 11.4 Å². The van der Waals surface area contributed by atoms with Gasteiger partial charge in [-0.15, -0.1) is 5.53 Å². The number of hydrogen-bond acceptors (Lipinski definition) is 10. The Balaban J connectivity index is 1.84. The number of anilines is 2. The van der Waals surface area contributed by atoms with Crippen LogP contribution < -0.4 is 25.9 Å². The predicted octanol–water partition coefficient (Wildman–Crippen LogP) is 4.66. The Bertz CT molecular complexity index is 1660. The molecule has 226 valence electrons. The van der Waals surface area contributed by atoms with E-state index in [2.05, 4.69) is 66.2 Å². The maximum Gasteiger partial charge on any atom is 0.231 e. The van der Waals surface area contributed by atoms with Gasteiger partial charge in [0.2, 0.25) is 10.0 Å². The van der Waals surface area contributed by atoms with Gasteiger partial charge in [0.15, 0.2) is 0 Å². The lowest BCUT2D eigenvalue weighted by Crippen LogP contribution is -2.38. The van der Waals surface area contributed by atoms with E-state index in [1.807, 2.05) is 35.5 Å². The molecule has 0 radical (unpaired) electrons. The third-order valence-corrected chi connectivity index (χ3v) is 8.44. The Morgan fingerprint density at radius 3 is 2.56 bits per heavy atom. The van der Waals surface area contributed by atoms with Gasteiger partial charge in [-0.3, -0.25) is 14.3 Å². The Kier molecular flexibility index (Phi) is 9.04. The molecule has 1 atom stereocenters. The van der Waals surface area contributed by atoms with Crippen LogP contribution >= 0.6 is 0 Å². The standard InChI is InChI=1S/C31H39N9O2S/c1-20(16-32)28(35-19-31(2,3)4)26-15-23(13-22(17-33)29(26)34-5)36-30(27-18-40(38-37-27)24-11-12-24)21-9-8-10-25(14-21)39(6)43(7,41)42/h8-10,13-15,18,24,30,35-38H,5,11-12,19H2,1-4,6-7H3/b28-20-/t30-/m0/s1. The third kappa shape index (κ3) is 7.47. The molecule has 0 amide bonds. The Hall–Kier alpha value is -4.52. The normalized spacial score (nSPS) is 16.2. The lowest BCUT2D eigenvalue weighted by Gasteiger charge is -2.26. The lowest BCUT2D eigenvalue weighted by atomic mass is 9.95. The minimum atomic E-state index is -3.48. The van der Waals surface area contributed by atoms with Crippen LogP contribution in [0.2, 0.25) is 0 Å². The Morgan fingerprint density at radius 1 is 1.26 bits per heavy atom. The highest BCUT2D eigenvalue weighted by atomic mass is 32.2. The summed E-state index contributed by atoms with van der Waals surface area (Å²) in [6.07, 6.45) is 5.34. The summed E-state index contributed by atoms with van der Waals surface area (Å²) >= 11 is 0. The van der Waals surface area contributed by atoms with Crippen molar-refractivity contribution in [2.24, 2.45) is 10.4 Å². The summed E-state index contributed by atoms with van der Waals surface area (Å²) in [5.41, 5.74) is 11.4. The number of rotatable bonds is 11. The molecular formula is C31H39N9O2S. The molecule has 2 aromatic carbocycles. The highest BCUT2D eigenvalue weighted by Gasteiger charge is 2.32. The smallest absolute Gasteiger partial charge is 0.231 e. The number of aliphatic imine (C=N–C) groups is 1. The van der Waals surface area contributed by atoms with Gasteiger partial charge in [0, 0.05) is 37.1 Å². The number of sulfonamides is 1. The fraction of sp³-hybridized carbons (Fsp3) is 0.387. The van der Waals surface area contributed by atoms with Gasteiger partial charge in [0.25, 0.3) is 0 Å². The molecule has 0 unspecified atom stereocenters. The van der Waals surface area contributed by atoms with Crippen molar-refractivity contribution >= 4 is 39.5 Å². The maximum atomic E-state index is 12.3.